The number of aromatic nitrogens is 4. The molecule has 5 heterocycles. The normalized spacial score (nSPS) is 19.0. The molecular formula is C73H91N13O16S2. The number of amides is 10. The Balaban J connectivity index is 0.750. The van der Waals surface area contributed by atoms with Crippen molar-refractivity contribution in [1.82, 2.24) is 45.5 Å². The van der Waals surface area contributed by atoms with Crippen molar-refractivity contribution in [3.63, 3.8) is 0 Å². The van der Waals surface area contributed by atoms with Crippen LogP contribution in [0.3, 0.4) is 0 Å². The molecule has 6 aromatic rings. The molecule has 0 radical (unpaired) electrons. The lowest BCUT2D eigenvalue weighted by atomic mass is 9.51. The number of ether oxygens (including phenoxy) is 3. The lowest BCUT2D eigenvalue weighted by Gasteiger charge is -2.57. The third-order valence-electron chi connectivity index (χ3n) is 19.6. The molecule has 3 aromatic heterocycles. The smallest absolute Gasteiger partial charge is 0.410 e. The van der Waals surface area contributed by atoms with Gasteiger partial charge in [-0.1, -0.05) is 76.1 Å². The van der Waals surface area contributed by atoms with Gasteiger partial charge in [-0.05, 0) is 154 Å². The molecule has 4 aliphatic rings. The molecule has 29 nitrogen and oxygen atoms in total. The van der Waals surface area contributed by atoms with Gasteiger partial charge in [0.25, 0.3) is 21.9 Å². The van der Waals surface area contributed by atoms with E-state index in [0.717, 1.165) is 59.3 Å². The van der Waals surface area contributed by atoms with E-state index in [-0.39, 0.29) is 99.5 Å². The summed E-state index contributed by atoms with van der Waals surface area (Å²) in [6.45, 7) is 10.5. The first-order valence-electron chi connectivity index (χ1n) is 35.1. The molecular weight excluding hydrogens is 1380 g/mol. The number of nitrogens with one attached hydrogen (secondary N) is 5. The van der Waals surface area contributed by atoms with Gasteiger partial charge in [-0.15, -0.1) is 0 Å². The summed E-state index contributed by atoms with van der Waals surface area (Å²) < 4.78 is 55.6. The zero-order chi connectivity index (χ0) is 74.5. The number of aryl methyl sites for hydroxylation is 1. The number of carbonyl (C=O) groups is 9. The zero-order valence-electron chi connectivity index (χ0n) is 59.1. The Morgan fingerprint density at radius 2 is 1.57 bits per heavy atom. The predicted molar refractivity (Wildman–Crippen MR) is 389 cm³/mol. The lowest BCUT2D eigenvalue weighted by Crippen LogP contribution is -2.54. The molecule has 2 saturated carbocycles. The molecule has 2 unspecified atom stereocenters. The van der Waals surface area contributed by atoms with Gasteiger partial charge >= 0.3 is 24.1 Å². The van der Waals surface area contributed by atoms with Gasteiger partial charge in [-0.25, -0.2) is 29.1 Å². The number of nitrogens with zero attached hydrogens (tertiary/aromatic N) is 7. The van der Waals surface area contributed by atoms with E-state index in [0.29, 0.717) is 88.9 Å². The van der Waals surface area contributed by atoms with E-state index in [9.17, 15) is 61.2 Å². The topological polar surface area (TPSA) is 395 Å². The Kier molecular flexibility index (Phi) is 24.9. The van der Waals surface area contributed by atoms with E-state index in [1.54, 1.807) is 79.5 Å². The van der Waals surface area contributed by atoms with Crippen LogP contribution in [-0.4, -0.2) is 171 Å². The fraction of sp³-hybridized carbons (Fsp3) is 0.479. The van der Waals surface area contributed by atoms with E-state index in [4.69, 9.17) is 25.0 Å². The maximum atomic E-state index is 13.9. The molecule has 2 fully saturated rings. The standard InChI is InChI=1S/C73H91N13O16S2/c1-46(2)62(81-59(87)17-7-6-10-32-85-60(88)26-27-61(85)89)65(91)79-55(15-11-31-75-67(74)94)64(90)77-50-21-18-48(19-22-50)42-101-70(96)83(36-39-104(97,98)99)34-38-102-73(44-71(4)28-12-29-72(5,43-71)45-73)30-13-33-86-47(3)52(41-76-86)51-23-24-53(78-63(51)66(92)93)49-20-25-57-56(40-49)84(35-37-100-57)69(95)82-68-80-54-14-8-9-16-58(54)103-68/h8-9,14,16,18-27,40-41,46,55,62H,6-7,10-13,15,17,28-39,42-45H2,1-5H3,(H,77,90)(H,79,91)(H,81,87)(H,92,93)(H3,74,75,94)(H,80,82,95)(H,97,98,99)/t55-,62-,71?,72?,73?/m0/s1. The predicted octanol–water partition coefficient (Wildman–Crippen LogP) is 9.60. The third kappa shape index (κ3) is 20.1. The number of urea groups is 2. The highest BCUT2D eigenvalue weighted by Crippen LogP contribution is 2.60. The number of thiazole rings is 1. The van der Waals surface area contributed by atoms with Crippen molar-refractivity contribution in [2.24, 2.45) is 22.5 Å². The van der Waals surface area contributed by atoms with Crippen molar-refractivity contribution in [2.75, 3.05) is 67.2 Å². The monoisotopic (exact) mass is 1470 g/mol. The number of nitrogens with two attached hydrogens (primary N) is 1. The SMILES string of the molecule is Cc1c(-c2ccc(-c3ccc4c(c3)N(C(=O)Nc3nc5ccccc5s3)CCO4)nc2C(=O)O)cnn1CCCC1(OCCN(CCS(=O)(=O)O)C(=O)OCc2ccc(NC(=O)[C@H](CCCNC(N)=O)NC(=O)[C@@H](NC(=O)CCCCCN3C(=O)C=CC3=O)C(C)C)cc2)CC2(C)CCCC(C)(C2)C1. The largest absolute Gasteiger partial charge is 0.490 e. The Hall–Kier alpha value is -9.85. The van der Waals surface area contributed by atoms with Gasteiger partial charge in [-0.3, -0.25) is 48.3 Å². The van der Waals surface area contributed by atoms with Crippen molar-refractivity contribution < 1.29 is 75.4 Å². The number of aromatic carboxylic acids is 1. The summed E-state index contributed by atoms with van der Waals surface area (Å²) in [6.07, 6.45) is 11.9. The first kappa shape index (κ1) is 76.8. The maximum Gasteiger partial charge on any atom is 0.410 e. The number of unbranched alkanes of at least 4 members (excludes halogenated alkanes) is 2. The number of hydrogen-bond donors (Lipinski definition) is 8. The maximum absolute atomic E-state index is 13.9. The minimum Gasteiger partial charge on any atom is -0.490 e. The van der Waals surface area contributed by atoms with Gasteiger partial charge < -0.3 is 51.2 Å². The van der Waals surface area contributed by atoms with Crippen molar-refractivity contribution in [3.8, 4) is 28.1 Å². The summed E-state index contributed by atoms with van der Waals surface area (Å²) >= 11 is 1.36. The molecule has 10 amide bonds. The Bertz CT molecular complexity index is 4260. The molecule has 2 bridgehead atoms. The number of carboxylic acids is 1. The summed E-state index contributed by atoms with van der Waals surface area (Å²) in [5, 5.41) is 29.5. The molecule has 31 heteroatoms. The number of rotatable bonds is 33. The number of anilines is 3. The summed E-state index contributed by atoms with van der Waals surface area (Å²) in [4.78, 5) is 130. The lowest BCUT2D eigenvalue weighted by molar-refractivity contribution is -0.160. The molecule has 3 aromatic carbocycles. The molecule has 4 atom stereocenters. The molecule has 0 spiro atoms. The van der Waals surface area contributed by atoms with Crippen LogP contribution >= 0.6 is 11.3 Å². The van der Waals surface area contributed by atoms with Crippen LogP contribution in [0.25, 0.3) is 32.6 Å². The Morgan fingerprint density at radius 3 is 2.27 bits per heavy atom. The van der Waals surface area contributed by atoms with Crippen molar-refractivity contribution in [3.05, 3.63) is 114 Å². The number of fused-ring (bicyclic) bond motifs is 4. The summed E-state index contributed by atoms with van der Waals surface area (Å²) in [5.74, 6) is -4.28. The average Bonchev–Trinajstić information content (AvgIpc) is 0.997. The van der Waals surface area contributed by atoms with E-state index in [1.807, 2.05) is 35.9 Å². The van der Waals surface area contributed by atoms with Crippen LogP contribution in [-0.2, 0) is 56.7 Å². The summed E-state index contributed by atoms with van der Waals surface area (Å²) in [6, 6.07) is 19.3. The van der Waals surface area contributed by atoms with Gasteiger partial charge in [0.1, 0.15) is 31.0 Å². The molecule has 104 heavy (non-hydrogen) atoms. The van der Waals surface area contributed by atoms with Gasteiger partial charge in [0.15, 0.2) is 10.8 Å². The van der Waals surface area contributed by atoms with Crippen LogP contribution in [0.15, 0.2) is 97.2 Å². The number of primary amides is 1. The minimum absolute atomic E-state index is 0.00939. The highest BCUT2D eigenvalue weighted by Gasteiger charge is 2.53. The number of benzene rings is 3. The molecule has 2 aliphatic carbocycles. The highest BCUT2D eigenvalue weighted by molar-refractivity contribution is 7.85. The van der Waals surface area contributed by atoms with Crippen LogP contribution in [0.5, 0.6) is 5.75 Å². The minimum atomic E-state index is -4.52. The van der Waals surface area contributed by atoms with Crippen LogP contribution in [0.4, 0.5) is 30.9 Å². The second-order valence-electron chi connectivity index (χ2n) is 28.3. The van der Waals surface area contributed by atoms with Crippen LogP contribution in [0.1, 0.15) is 139 Å². The third-order valence-corrected chi connectivity index (χ3v) is 21.2. The molecule has 0 saturated heterocycles. The van der Waals surface area contributed by atoms with Crippen molar-refractivity contribution in [1.29, 1.82) is 0 Å². The quantitative estimate of drug-likeness (QED) is 0.0108. The van der Waals surface area contributed by atoms with Gasteiger partial charge in [0, 0.05) is 79.4 Å². The number of carbonyl (C=O) groups excluding carboxylic acids is 8. The van der Waals surface area contributed by atoms with E-state index < -0.39 is 81.9 Å². The number of hydrogen-bond acceptors (Lipinski definition) is 18. The molecule has 9 N–H and O–H groups in total. The second kappa shape index (κ2) is 33.7. The van der Waals surface area contributed by atoms with Gasteiger partial charge in [0.05, 0.1) is 52.3 Å². The average molecular weight is 1470 g/mol. The van der Waals surface area contributed by atoms with Crippen molar-refractivity contribution >= 4 is 102 Å². The summed E-state index contributed by atoms with van der Waals surface area (Å²) in [7, 11) is -4.52. The van der Waals surface area contributed by atoms with Crippen LogP contribution in [0, 0.1) is 23.7 Å². The number of pyridine rings is 1. The van der Waals surface area contributed by atoms with Crippen LogP contribution in [0.2, 0.25) is 0 Å². The molecule has 10 rings (SSSR count). The fourth-order valence-electron chi connectivity index (χ4n) is 14.8. The molecule has 2 aliphatic heterocycles. The first-order chi connectivity index (χ1) is 49.5. The Morgan fingerprint density at radius 1 is 0.827 bits per heavy atom. The van der Waals surface area contributed by atoms with Crippen molar-refractivity contribution in [2.45, 2.75) is 155 Å². The Labute approximate surface area is 607 Å². The summed E-state index contributed by atoms with van der Waals surface area (Å²) in [5.41, 5.74) is 9.02. The highest BCUT2D eigenvalue weighted by atomic mass is 32.2. The van der Waals surface area contributed by atoms with Gasteiger partial charge in [-0.2, -0.15) is 13.5 Å². The van der Waals surface area contributed by atoms with E-state index >= 15 is 0 Å². The van der Waals surface area contributed by atoms with E-state index in [2.05, 4.69) is 50.4 Å². The molecule has 556 valence electrons. The van der Waals surface area contributed by atoms with Crippen LogP contribution < -0.4 is 42.0 Å². The number of para-hydroxylation sites is 1. The van der Waals surface area contributed by atoms with Gasteiger partial charge in [0.2, 0.25) is 17.7 Å². The number of imide groups is 1. The van der Waals surface area contributed by atoms with E-state index in [1.165, 1.54) is 28.4 Å². The fourth-order valence-corrected chi connectivity index (χ4v) is 16.1. The second-order valence-corrected chi connectivity index (χ2v) is 30.9. The first-order valence-corrected chi connectivity index (χ1v) is 37.5. The zero-order valence-corrected chi connectivity index (χ0v) is 60.7. The number of carboxylic acid groups (broad SMARTS) is 1.